The molecule has 6 nitrogen and oxygen atoms in total. The Morgan fingerprint density at radius 3 is 2.74 bits per heavy atom. The van der Waals surface area contributed by atoms with Gasteiger partial charge in [0.25, 0.3) is 0 Å². The van der Waals surface area contributed by atoms with Gasteiger partial charge in [-0.1, -0.05) is 42.5 Å². The van der Waals surface area contributed by atoms with E-state index in [1.54, 1.807) is 13.3 Å². The lowest BCUT2D eigenvalue weighted by atomic mass is 10.2. The van der Waals surface area contributed by atoms with Crippen molar-refractivity contribution < 1.29 is 9.47 Å². The summed E-state index contributed by atoms with van der Waals surface area (Å²) < 4.78 is 11.0. The van der Waals surface area contributed by atoms with Crippen LogP contribution in [0.1, 0.15) is 11.1 Å². The number of rotatable bonds is 7. The molecule has 0 aliphatic heterocycles. The second kappa shape index (κ2) is 9.24. The third-order valence-electron chi connectivity index (χ3n) is 3.83. The van der Waals surface area contributed by atoms with E-state index in [0.717, 1.165) is 22.6 Å². The molecular weight excluding hydrogens is 340 g/mol. The Balaban J connectivity index is 1.63. The zero-order valence-corrected chi connectivity index (χ0v) is 15.1. The maximum absolute atomic E-state index is 6.00. The number of nitrogens with zero attached hydrogens (tertiary/aromatic N) is 2. The van der Waals surface area contributed by atoms with E-state index in [2.05, 4.69) is 15.3 Å². The van der Waals surface area contributed by atoms with Gasteiger partial charge in [0.05, 0.1) is 13.7 Å². The first-order valence-electron chi connectivity index (χ1n) is 8.56. The number of anilines is 1. The molecule has 0 unspecified atom stereocenters. The first-order chi connectivity index (χ1) is 13.2. The van der Waals surface area contributed by atoms with Crippen LogP contribution in [-0.2, 0) is 13.2 Å². The Morgan fingerprint density at radius 2 is 1.93 bits per heavy atom. The molecule has 0 saturated carbocycles. The monoisotopic (exact) mass is 362 g/mol. The minimum absolute atomic E-state index is 0.307. The fraction of sp³-hybridized carbons (Fsp3) is 0.143. The first kappa shape index (κ1) is 18.3. The molecule has 3 rings (SSSR count). The zero-order chi connectivity index (χ0) is 18.9. The van der Waals surface area contributed by atoms with Gasteiger partial charge in [0.1, 0.15) is 12.4 Å². The summed E-state index contributed by atoms with van der Waals surface area (Å²) in [6.45, 7) is 0.812. The molecule has 0 spiro atoms. The molecule has 0 bridgehead atoms. The van der Waals surface area contributed by atoms with Crippen LogP contribution < -0.4 is 20.5 Å². The number of aliphatic imine (C=N–C) groups is 1. The molecule has 6 heteroatoms. The molecule has 3 N–H and O–H groups in total. The summed E-state index contributed by atoms with van der Waals surface area (Å²) in [6, 6.07) is 21.2. The SMILES string of the molecule is COc1cccc(NC(N)=NCc2cccnc2OCc2ccccc2)c1. The number of ether oxygens (including phenoxy) is 2. The summed E-state index contributed by atoms with van der Waals surface area (Å²) in [5.74, 6) is 1.61. The number of nitrogens with one attached hydrogen (secondary N) is 1. The summed E-state index contributed by atoms with van der Waals surface area (Å²) >= 11 is 0. The molecule has 1 heterocycles. The highest BCUT2D eigenvalue weighted by Crippen LogP contribution is 2.18. The van der Waals surface area contributed by atoms with Gasteiger partial charge >= 0.3 is 0 Å². The summed E-state index contributed by atoms with van der Waals surface area (Å²) in [4.78, 5) is 8.69. The van der Waals surface area contributed by atoms with E-state index < -0.39 is 0 Å². The number of aromatic nitrogens is 1. The van der Waals surface area contributed by atoms with E-state index in [1.165, 1.54) is 0 Å². The Kier molecular flexibility index (Phi) is 6.25. The highest BCUT2D eigenvalue weighted by atomic mass is 16.5. The second-order valence-electron chi connectivity index (χ2n) is 5.80. The number of hydrogen-bond acceptors (Lipinski definition) is 4. The van der Waals surface area contributed by atoms with Crippen molar-refractivity contribution in [1.29, 1.82) is 0 Å². The Hall–Kier alpha value is -3.54. The number of pyridine rings is 1. The normalized spacial score (nSPS) is 11.1. The van der Waals surface area contributed by atoms with Crippen molar-refractivity contribution in [2.24, 2.45) is 10.7 Å². The Morgan fingerprint density at radius 1 is 1.07 bits per heavy atom. The van der Waals surface area contributed by atoms with Gasteiger partial charge < -0.3 is 20.5 Å². The molecule has 0 aliphatic rings. The van der Waals surface area contributed by atoms with E-state index in [9.17, 15) is 0 Å². The minimum Gasteiger partial charge on any atom is -0.497 e. The molecule has 27 heavy (non-hydrogen) atoms. The van der Waals surface area contributed by atoms with Crippen LogP contribution in [0.3, 0.4) is 0 Å². The third kappa shape index (κ3) is 5.47. The lowest BCUT2D eigenvalue weighted by Gasteiger charge is -2.10. The van der Waals surface area contributed by atoms with E-state index in [4.69, 9.17) is 15.2 Å². The van der Waals surface area contributed by atoms with Crippen LogP contribution in [0.2, 0.25) is 0 Å². The quantitative estimate of drug-likeness (QED) is 0.496. The van der Waals surface area contributed by atoms with Gasteiger partial charge in [-0.3, -0.25) is 0 Å². The van der Waals surface area contributed by atoms with Crippen molar-refractivity contribution in [3.05, 3.63) is 84.1 Å². The average Bonchev–Trinajstić information content (AvgIpc) is 2.72. The lowest BCUT2D eigenvalue weighted by Crippen LogP contribution is -2.22. The molecule has 1 aromatic heterocycles. The van der Waals surface area contributed by atoms with Crippen LogP contribution in [0.4, 0.5) is 5.69 Å². The summed E-state index contributed by atoms with van der Waals surface area (Å²) in [7, 11) is 1.62. The Labute approximate surface area is 158 Å². The number of hydrogen-bond donors (Lipinski definition) is 2. The number of benzene rings is 2. The molecule has 0 saturated heterocycles. The molecule has 3 aromatic rings. The maximum Gasteiger partial charge on any atom is 0.218 e. The van der Waals surface area contributed by atoms with Gasteiger partial charge in [0.15, 0.2) is 5.96 Å². The second-order valence-corrected chi connectivity index (χ2v) is 5.80. The molecule has 0 atom stereocenters. The van der Waals surface area contributed by atoms with Gasteiger partial charge in [-0.2, -0.15) is 0 Å². The summed E-state index contributed by atoms with van der Waals surface area (Å²) in [5, 5.41) is 3.05. The van der Waals surface area contributed by atoms with Crippen molar-refractivity contribution in [2.45, 2.75) is 13.2 Å². The first-order valence-corrected chi connectivity index (χ1v) is 8.56. The van der Waals surface area contributed by atoms with Crippen LogP contribution in [0.5, 0.6) is 11.6 Å². The van der Waals surface area contributed by atoms with Crippen molar-refractivity contribution in [3.63, 3.8) is 0 Å². The molecular formula is C21H22N4O2. The predicted octanol–water partition coefficient (Wildman–Crippen LogP) is 3.60. The van der Waals surface area contributed by atoms with Crippen LogP contribution in [0.15, 0.2) is 77.9 Å². The number of guanidine groups is 1. The van der Waals surface area contributed by atoms with Crippen molar-refractivity contribution in [3.8, 4) is 11.6 Å². The van der Waals surface area contributed by atoms with Gasteiger partial charge in [0, 0.05) is 23.5 Å². The van der Waals surface area contributed by atoms with Crippen LogP contribution in [0, 0.1) is 0 Å². The molecule has 138 valence electrons. The van der Waals surface area contributed by atoms with E-state index in [0.29, 0.717) is 25.0 Å². The van der Waals surface area contributed by atoms with E-state index >= 15 is 0 Å². The fourth-order valence-electron chi connectivity index (χ4n) is 2.46. The Bertz CT molecular complexity index is 897. The van der Waals surface area contributed by atoms with Gasteiger partial charge in [-0.05, 0) is 23.8 Å². The largest absolute Gasteiger partial charge is 0.497 e. The van der Waals surface area contributed by atoms with Gasteiger partial charge in [-0.25, -0.2) is 9.98 Å². The molecule has 2 aromatic carbocycles. The average molecular weight is 362 g/mol. The van der Waals surface area contributed by atoms with E-state index in [-0.39, 0.29) is 0 Å². The van der Waals surface area contributed by atoms with Crippen LogP contribution >= 0.6 is 0 Å². The van der Waals surface area contributed by atoms with E-state index in [1.807, 2.05) is 66.7 Å². The highest BCUT2D eigenvalue weighted by molar-refractivity contribution is 5.92. The zero-order valence-electron chi connectivity index (χ0n) is 15.1. The van der Waals surface area contributed by atoms with Crippen LogP contribution in [0.25, 0.3) is 0 Å². The highest BCUT2D eigenvalue weighted by Gasteiger charge is 2.05. The van der Waals surface area contributed by atoms with Crippen LogP contribution in [-0.4, -0.2) is 18.1 Å². The maximum atomic E-state index is 6.00. The van der Waals surface area contributed by atoms with Crippen molar-refractivity contribution in [1.82, 2.24) is 4.98 Å². The fourth-order valence-corrected chi connectivity index (χ4v) is 2.46. The smallest absolute Gasteiger partial charge is 0.218 e. The molecule has 0 aliphatic carbocycles. The molecule has 0 fully saturated rings. The third-order valence-corrected chi connectivity index (χ3v) is 3.83. The van der Waals surface area contributed by atoms with Gasteiger partial charge in [-0.15, -0.1) is 0 Å². The minimum atomic E-state index is 0.307. The number of nitrogens with two attached hydrogens (primary N) is 1. The van der Waals surface area contributed by atoms with Crippen molar-refractivity contribution >= 4 is 11.6 Å². The van der Waals surface area contributed by atoms with Gasteiger partial charge in [0.2, 0.25) is 5.88 Å². The van der Waals surface area contributed by atoms with Crippen molar-refractivity contribution in [2.75, 3.05) is 12.4 Å². The lowest BCUT2D eigenvalue weighted by molar-refractivity contribution is 0.290. The topological polar surface area (TPSA) is 81.8 Å². The summed E-state index contributed by atoms with van der Waals surface area (Å²) in [6.07, 6.45) is 1.70. The number of methoxy groups -OCH3 is 1. The molecule has 0 amide bonds. The summed E-state index contributed by atoms with van der Waals surface area (Å²) in [5.41, 5.74) is 8.75. The predicted molar refractivity (Wildman–Crippen MR) is 107 cm³/mol. The standard InChI is InChI=1S/C21H22N4O2/c1-26-19-11-5-10-18(13-19)25-21(22)24-14-17-9-6-12-23-20(17)27-15-16-7-3-2-4-8-16/h2-13H,14-15H2,1H3,(H3,22,24,25). The molecule has 0 radical (unpaired) electrons.